The van der Waals surface area contributed by atoms with E-state index in [2.05, 4.69) is 10.6 Å². The van der Waals surface area contributed by atoms with Gasteiger partial charge in [-0.05, 0) is 49.3 Å². The molecule has 3 unspecified atom stereocenters. The van der Waals surface area contributed by atoms with Crippen molar-refractivity contribution in [3.8, 4) is 0 Å². The van der Waals surface area contributed by atoms with Crippen LogP contribution in [0.5, 0.6) is 0 Å². The zero-order valence-electron chi connectivity index (χ0n) is 14.3. The topological polar surface area (TPSA) is 101 Å². The number of hydrogen-bond acceptors (Lipinski definition) is 4. The molecular formula is C17H26ClN3O3S. The first-order valence-corrected chi connectivity index (χ1v) is 10.2. The normalized spacial score (nSPS) is 25.8. The number of anilines is 1. The van der Waals surface area contributed by atoms with Gasteiger partial charge in [0, 0.05) is 11.7 Å². The molecule has 1 aliphatic carbocycles. The Morgan fingerprint density at radius 2 is 2.04 bits per heavy atom. The van der Waals surface area contributed by atoms with E-state index in [1.807, 2.05) is 6.92 Å². The summed E-state index contributed by atoms with van der Waals surface area (Å²) in [5.41, 5.74) is 1.12. The molecule has 4 N–H and O–H groups in total. The Bertz CT molecular complexity index is 725. The van der Waals surface area contributed by atoms with E-state index < -0.39 is 10.0 Å². The van der Waals surface area contributed by atoms with Crippen LogP contribution in [-0.2, 0) is 21.2 Å². The monoisotopic (exact) mass is 387 g/mol. The Labute approximate surface area is 155 Å². The van der Waals surface area contributed by atoms with Crippen LogP contribution in [0, 0.1) is 5.92 Å². The van der Waals surface area contributed by atoms with Gasteiger partial charge in [-0.2, -0.15) is 0 Å². The highest BCUT2D eigenvalue weighted by Crippen LogP contribution is 2.33. The molecule has 0 spiro atoms. The molecule has 140 valence electrons. The van der Waals surface area contributed by atoms with E-state index in [0.717, 1.165) is 12.8 Å². The van der Waals surface area contributed by atoms with Gasteiger partial charge in [-0.1, -0.05) is 25.8 Å². The fraction of sp³-hybridized carbons (Fsp3) is 0.588. The summed E-state index contributed by atoms with van der Waals surface area (Å²) in [6.45, 7) is 1.87. The Morgan fingerprint density at radius 1 is 1.32 bits per heavy atom. The van der Waals surface area contributed by atoms with Crippen molar-refractivity contribution in [2.45, 2.75) is 62.4 Å². The summed E-state index contributed by atoms with van der Waals surface area (Å²) in [7, 11) is -3.81. The minimum absolute atomic E-state index is 0. The number of aryl methyl sites for hydroxylation is 1. The van der Waals surface area contributed by atoms with Gasteiger partial charge in [-0.3, -0.25) is 4.79 Å². The summed E-state index contributed by atoms with van der Waals surface area (Å²) < 4.78 is 23.5. The zero-order valence-corrected chi connectivity index (χ0v) is 16.0. The largest absolute Gasteiger partial charge is 0.325 e. The third-order valence-electron chi connectivity index (χ3n) is 5.20. The minimum Gasteiger partial charge on any atom is -0.325 e. The Balaban J connectivity index is 0.00000225. The number of rotatable bonds is 4. The van der Waals surface area contributed by atoms with Crippen molar-refractivity contribution < 1.29 is 13.2 Å². The number of halogens is 1. The van der Waals surface area contributed by atoms with Gasteiger partial charge in [-0.25, -0.2) is 13.6 Å². The number of amides is 1. The number of sulfonamides is 1. The average Bonchev–Trinajstić information content (AvgIpc) is 2.98. The molecule has 3 atom stereocenters. The van der Waals surface area contributed by atoms with Crippen LogP contribution in [-0.4, -0.2) is 26.4 Å². The van der Waals surface area contributed by atoms with E-state index >= 15 is 0 Å². The molecule has 1 saturated heterocycles. The highest BCUT2D eigenvalue weighted by molar-refractivity contribution is 7.89. The van der Waals surface area contributed by atoms with Crippen LogP contribution < -0.4 is 15.8 Å². The molecule has 2 aliphatic rings. The van der Waals surface area contributed by atoms with Gasteiger partial charge >= 0.3 is 0 Å². The smallest absolute Gasteiger partial charge is 0.241 e. The summed E-state index contributed by atoms with van der Waals surface area (Å²) >= 11 is 0. The lowest BCUT2D eigenvalue weighted by atomic mass is 9.85. The van der Waals surface area contributed by atoms with Crippen molar-refractivity contribution in [3.63, 3.8) is 0 Å². The molecule has 1 aliphatic heterocycles. The van der Waals surface area contributed by atoms with Crippen molar-refractivity contribution in [1.82, 2.24) is 5.32 Å². The molecule has 0 aromatic heterocycles. The first-order valence-electron chi connectivity index (χ1n) is 8.61. The lowest BCUT2D eigenvalue weighted by molar-refractivity contribution is -0.117. The number of hydrogen-bond donors (Lipinski definition) is 3. The molecule has 1 aromatic rings. The number of carbonyl (C=O) groups is 1. The van der Waals surface area contributed by atoms with Crippen LogP contribution in [0.15, 0.2) is 23.1 Å². The fourth-order valence-electron chi connectivity index (χ4n) is 3.94. The van der Waals surface area contributed by atoms with Crippen molar-refractivity contribution in [2.75, 3.05) is 5.32 Å². The van der Waals surface area contributed by atoms with Crippen molar-refractivity contribution >= 4 is 34.0 Å². The maximum Gasteiger partial charge on any atom is 0.241 e. The third-order valence-corrected chi connectivity index (χ3v) is 6.19. The van der Waals surface area contributed by atoms with Gasteiger partial charge in [0.2, 0.25) is 15.9 Å². The number of primary sulfonamides is 1. The van der Waals surface area contributed by atoms with Crippen LogP contribution in [0.3, 0.4) is 0 Å². The molecule has 1 saturated carbocycles. The number of carbonyl (C=O) groups excluding carboxylic acids is 1. The molecule has 25 heavy (non-hydrogen) atoms. The molecule has 8 heteroatoms. The molecule has 6 nitrogen and oxygen atoms in total. The maximum absolute atomic E-state index is 12.5. The van der Waals surface area contributed by atoms with Crippen LogP contribution >= 0.6 is 12.4 Å². The molecular weight excluding hydrogens is 362 g/mol. The maximum atomic E-state index is 12.5. The van der Waals surface area contributed by atoms with Crippen LogP contribution in [0.25, 0.3) is 0 Å². The molecule has 1 amide bonds. The number of fused-ring (bicyclic) bond motifs is 1. The number of nitrogens with two attached hydrogens (primary N) is 1. The van der Waals surface area contributed by atoms with Gasteiger partial charge < -0.3 is 10.6 Å². The van der Waals surface area contributed by atoms with Crippen molar-refractivity contribution in [2.24, 2.45) is 11.1 Å². The third kappa shape index (κ3) is 4.53. The molecule has 0 radical (unpaired) electrons. The molecule has 3 rings (SSSR count). The Morgan fingerprint density at radius 3 is 2.68 bits per heavy atom. The van der Waals surface area contributed by atoms with Crippen LogP contribution in [0.2, 0.25) is 0 Å². The molecule has 1 aromatic carbocycles. The predicted molar refractivity (Wildman–Crippen MR) is 100 cm³/mol. The standard InChI is InChI=1S/C17H25N3O3S.ClH/c1-2-11-7-8-13(10-16(11)24(18,22)23)19-17(21)15-9-12-5-3-4-6-14(12)20-15;/h7-8,10,12,14-15,20H,2-6,9H2,1H3,(H,19,21)(H2,18,22,23);1H. The highest BCUT2D eigenvalue weighted by atomic mass is 35.5. The van der Waals surface area contributed by atoms with E-state index in [1.54, 1.807) is 12.1 Å². The highest BCUT2D eigenvalue weighted by Gasteiger charge is 2.38. The quantitative estimate of drug-likeness (QED) is 0.736. The van der Waals surface area contributed by atoms with Crippen LogP contribution in [0.1, 0.15) is 44.6 Å². The Hall–Kier alpha value is -1.15. The van der Waals surface area contributed by atoms with Gasteiger partial charge in [0.1, 0.15) is 0 Å². The van der Waals surface area contributed by atoms with Gasteiger partial charge in [0.25, 0.3) is 0 Å². The first kappa shape index (κ1) is 20.2. The summed E-state index contributed by atoms with van der Waals surface area (Å²) in [4.78, 5) is 12.6. The summed E-state index contributed by atoms with van der Waals surface area (Å²) in [6, 6.07) is 5.12. The summed E-state index contributed by atoms with van der Waals surface area (Å²) in [5, 5.41) is 11.5. The number of nitrogens with one attached hydrogen (secondary N) is 2. The first-order chi connectivity index (χ1) is 11.4. The van der Waals surface area contributed by atoms with E-state index in [-0.39, 0.29) is 29.3 Å². The predicted octanol–water partition coefficient (Wildman–Crippen LogP) is 2.18. The second-order valence-corrected chi connectivity index (χ2v) is 8.35. The lowest BCUT2D eigenvalue weighted by Crippen LogP contribution is -2.39. The molecule has 0 bridgehead atoms. The fourth-order valence-corrected chi connectivity index (χ4v) is 4.81. The minimum atomic E-state index is -3.81. The lowest BCUT2D eigenvalue weighted by Gasteiger charge is -2.24. The summed E-state index contributed by atoms with van der Waals surface area (Å²) in [5.74, 6) is 0.478. The second kappa shape index (κ2) is 8.03. The van der Waals surface area contributed by atoms with Crippen LogP contribution in [0.4, 0.5) is 5.69 Å². The van der Waals surface area contributed by atoms with E-state index in [1.165, 1.54) is 25.3 Å². The van der Waals surface area contributed by atoms with E-state index in [0.29, 0.717) is 29.6 Å². The summed E-state index contributed by atoms with van der Waals surface area (Å²) in [6.07, 6.45) is 6.20. The molecule has 1 heterocycles. The zero-order chi connectivity index (χ0) is 17.3. The Kier molecular flexibility index (Phi) is 6.48. The van der Waals surface area contributed by atoms with E-state index in [9.17, 15) is 13.2 Å². The SMILES string of the molecule is CCc1ccc(NC(=O)C2CC3CCCCC3N2)cc1S(N)(=O)=O.Cl. The van der Waals surface area contributed by atoms with E-state index in [4.69, 9.17) is 5.14 Å². The van der Waals surface area contributed by atoms with Crippen molar-refractivity contribution in [3.05, 3.63) is 23.8 Å². The second-order valence-electron chi connectivity index (χ2n) is 6.82. The molecule has 2 fully saturated rings. The van der Waals surface area contributed by atoms with Gasteiger partial charge in [0.15, 0.2) is 0 Å². The van der Waals surface area contributed by atoms with Gasteiger partial charge in [-0.15, -0.1) is 12.4 Å². The van der Waals surface area contributed by atoms with Gasteiger partial charge in [0.05, 0.1) is 10.9 Å². The van der Waals surface area contributed by atoms with Crippen molar-refractivity contribution in [1.29, 1.82) is 0 Å². The number of benzene rings is 1. The average molecular weight is 388 g/mol.